The van der Waals surface area contributed by atoms with E-state index in [0.717, 1.165) is 21.3 Å². The van der Waals surface area contributed by atoms with E-state index in [9.17, 15) is 4.79 Å². The lowest BCUT2D eigenvalue weighted by atomic mass is 10.1. The number of ether oxygens (including phenoxy) is 1. The minimum atomic E-state index is -0.197. The molecule has 0 saturated heterocycles. The average molecular weight is 349 g/mol. The maximum atomic E-state index is 12.3. The highest BCUT2D eigenvalue weighted by Gasteiger charge is 2.12. The van der Waals surface area contributed by atoms with Crippen molar-refractivity contribution in [2.24, 2.45) is 0 Å². The molecule has 4 nitrogen and oxygen atoms in total. The van der Waals surface area contributed by atoms with Crippen LogP contribution in [0.5, 0.6) is 0 Å². The largest absolute Gasteiger partial charge is 0.398 e. The number of aryl methyl sites for hydroxylation is 1. The molecule has 0 unspecified atom stereocenters. The lowest BCUT2D eigenvalue weighted by Crippen LogP contribution is -2.14. The number of benzene rings is 2. The van der Waals surface area contributed by atoms with Gasteiger partial charge >= 0.3 is 0 Å². The van der Waals surface area contributed by atoms with E-state index in [1.807, 2.05) is 31.2 Å². The molecule has 0 saturated carbocycles. The summed E-state index contributed by atoms with van der Waals surface area (Å²) < 4.78 is 6.06. The lowest BCUT2D eigenvalue weighted by molar-refractivity contribution is 0.102. The number of carbonyl (C=O) groups is 1. The average Bonchev–Trinajstić information content (AvgIpc) is 2.45. The Bertz CT molecular complexity index is 671. The summed E-state index contributed by atoms with van der Waals surface area (Å²) in [7, 11) is 1.62. The quantitative estimate of drug-likeness (QED) is 0.827. The third-order valence-corrected chi connectivity index (χ3v) is 3.94. The van der Waals surface area contributed by atoms with E-state index in [4.69, 9.17) is 10.5 Å². The molecule has 2 aromatic rings. The summed E-state index contributed by atoms with van der Waals surface area (Å²) in [5, 5.41) is 2.89. The summed E-state index contributed by atoms with van der Waals surface area (Å²) in [6.45, 7) is 2.31. The Labute approximate surface area is 132 Å². The molecule has 2 rings (SSSR count). The predicted octanol–water partition coefficient (Wildman–Crippen LogP) is 3.74. The van der Waals surface area contributed by atoms with Crippen LogP contribution in [0.1, 0.15) is 21.5 Å². The monoisotopic (exact) mass is 348 g/mol. The standard InChI is InChI=1S/C16H17BrN2O2/c1-10-6-7-11(8-14(10)18)16(20)19-15-5-3-4-13(17)12(15)9-21-2/h3-8H,9,18H2,1-2H3,(H,19,20). The second-order valence-corrected chi connectivity index (χ2v) is 5.58. The van der Waals surface area contributed by atoms with Gasteiger partial charge in [0.25, 0.3) is 5.91 Å². The van der Waals surface area contributed by atoms with Crippen LogP contribution < -0.4 is 11.1 Å². The molecule has 2 aromatic carbocycles. The van der Waals surface area contributed by atoms with Crippen molar-refractivity contribution in [3.05, 3.63) is 57.6 Å². The van der Waals surface area contributed by atoms with Crippen molar-refractivity contribution >= 4 is 33.2 Å². The number of rotatable bonds is 4. The second kappa shape index (κ2) is 6.74. The number of hydrogen-bond donors (Lipinski definition) is 2. The number of nitrogens with two attached hydrogens (primary N) is 1. The van der Waals surface area contributed by atoms with E-state index in [-0.39, 0.29) is 5.91 Å². The Morgan fingerprint density at radius 1 is 1.33 bits per heavy atom. The van der Waals surface area contributed by atoms with Crippen molar-refractivity contribution in [2.75, 3.05) is 18.2 Å². The highest BCUT2D eigenvalue weighted by molar-refractivity contribution is 9.10. The number of halogens is 1. The number of amides is 1. The van der Waals surface area contributed by atoms with Gasteiger partial charge in [0, 0.05) is 34.1 Å². The first kappa shape index (κ1) is 15.5. The fourth-order valence-corrected chi connectivity index (χ4v) is 2.42. The summed E-state index contributed by atoms with van der Waals surface area (Å²) in [6, 6.07) is 10.9. The Hall–Kier alpha value is -1.85. The normalized spacial score (nSPS) is 10.4. The molecule has 0 aliphatic heterocycles. The Kier molecular flexibility index (Phi) is 4.98. The van der Waals surface area contributed by atoms with Crippen molar-refractivity contribution in [1.82, 2.24) is 0 Å². The molecular weight excluding hydrogens is 332 g/mol. The molecule has 0 heterocycles. The maximum Gasteiger partial charge on any atom is 0.255 e. The summed E-state index contributed by atoms with van der Waals surface area (Å²) in [5.74, 6) is -0.197. The summed E-state index contributed by atoms with van der Waals surface area (Å²) in [4.78, 5) is 12.3. The Balaban J connectivity index is 2.27. The van der Waals surface area contributed by atoms with E-state index < -0.39 is 0 Å². The Morgan fingerprint density at radius 2 is 2.10 bits per heavy atom. The van der Waals surface area contributed by atoms with Crippen LogP contribution in [-0.2, 0) is 11.3 Å². The van der Waals surface area contributed by atoms with Crippen LogP contribution in [0.25, 0.3) is 0 Å². The molecular formula is C16H17BrN2O2. The molecule has 0 atom stereocenters. The van der Waals surface area contributed by atoms with Crippen LogP contribution in [0.15, 0.2) is 40.9 Å². The Morgan fingerprint density at radius 3 is 2.76 bits per heavy atom. The molecule has 1 amide bonds. The molecule has 3 N–H and O–H groups in total. The van der Waals surface area contributed by atoms with Crippen LogP contribution in [0.2, 0.25) is 0 Å². The van der Waals surface area contributed by atoms with Crippen LogP contribution >= 0.6 is 15.9 Å². The van der Waals surface area contributed by atoms with Crippen LogP contribution in [0, 0.1) is 6.92 Å². The number of anilines is 2. The molecule has 5 heteroatoms. The first-order valence-corrected chi connectivity index (χ1v) is 7.26. The van der Waals surface area contributed by atoms with Gasteiger partial charge in [-0.05, 0) is 36.8 Å². The zero-order chi connectivity index (χ0) is 15.4. The highest BCUT2D eigenvalue weighted by Crippen LogP contribution is 2.26. The number of nitrogen functional groups attached to an aromatic ring is 1. The van der Waals surface area contributed by atoms with Crippen molar-refractivity contribution in [1.29, 1.82) is 0 Å². The van der Waals surface area contributed by atoms with E-state index in [2.05, 4.69) is 21.2 Å². The molecule has 21 heavy (non-hydrogen) atoms. The highest BCUT2D eigenvalue weighted by atomic mass is 79.9. The minimum Gasteiger partial charge on any atom is -0.398 e. The van der Waals surface area contributed by atoms with Gasteiger partial charge < -0.3 is 15.8 Å². The SMILES string of the molecule is COCc1c(Br)cccc1NC(=O)c1ccc(C)c(N)c1. The third-order valence-electron chi connectivity index (χ3n) is 3.20. The van der Waals surface area contributed by atoms with Gasteiger partial charge in [-0.2, -0.15) is 0 Å². The van der Waals surface area contributed by atoms with E-state index >= 15 is 0 Å². The first-order valence-electron chi connectivity index (χ1n) is 6.46. The van der Waals surface area contributed by atoms with Crippen molar-refractivity contribution in [2.45, 2.75) is 13.5 Å². The fraction of sp³-hybridized carbons (Fsp3) is 0.188. The number of hydrogen-bond acceptors (Lipinski definition) is 3. The smallest absolute Gasteiger partial charge is 0.255 e. The molecule has 0 aromatic heterocycles. The van der Waals surface area contributed by atoms with Gasteiger partial charge in [0.1, 0.15) is 0 Å². The van der Waals surface area contributed by atoms with Crippen molar-refractivity contribution in [3.8, 4) is 0 Å². The third kappa shape index (κ3) is 3.62. The van der Waals surface area contributed by atoms with Gasteiger partial charge in [0.05, 0.1) is 6.61 Å². The van der Waals surface area contributed by atoms with Gasteiger partial charge in [0.15, 0.2) is 0 Å². The molecule has 0 radical (unpaired) electrons. The van der Waals surface area contributed by atoms with Crippen LogP contribution in [0.3, 0.4) is 0 Å². The predicted molar refractivity (Wildman–Crippen MR) is 88.4 cm³/mol. The molecule has 0 spiro atoms. The summed E-state index contributed by atoms with van der Waals surface area (Å²) in [5.41, 5.74) is 9.55. The van der Waals surface area contributed by atoms with Crippen molar-refractivity contribution in [3.63, 3.8) is 0 Å². The maximum absolute atomic E-state index is 12.3. The molecule has 0 aliphatic carbocycles. The lowest BCUT2D eigenvalue weighted by Gasteiger charge is -2.13. The van der Waals surface area contributed by atoms with E-state index in [0.29, 0.717) is 17.9 Å². The van der Waals surface area contributed by atoms with Gasteiger partial charge in [-0.25, -0.2) is 0 Å². The fourth-order valence-electron chi connectivity index (χ4n) is 1.94. The van der Waals surface area contributed by atoms with Gasteiger partial charge in [-0.3, -0.25) is 4.79 Å². The summed E-state index contributed by atoms with van der Waals surface area (Å²) >= 11 is 3.46. The second-order valence-electron chi connectivity index (χ2n) is 4.72. The van der Waals surface area contributed by atoms with Crippen molar-refractivity contribution < 1.29 is 9.53 Å². The molecule has 0 bridgehead atoms. The molecule has 0 aliphatic rings. The minimum absolute atomic E-state index is 0.197. The topological polar surface area (TPSA) is 64.3 Å². The first-order chi connectivity index (χ1) is 10.0. The number of nitrogens with one attached hydrogen (secondary N) is 1. The van der Waals surface area contributed by atoms with Gasteiger partial charge in [-0.1, -0.05) is 28.1 Å². The number of carbonyl (C=O) groups excluding carboxylic acids is 1. The molecule has 0 fully saturated rings. The zero-order valence-electron chi connectivity index (χ0n) is 11.9. The van der Waals surface area contributed by atoms with Gasteiger partial charge in [0.2, 0.25) is 0 Å². The van der Waals surface area contributed by atoms with Crippen LogP contribution in [-0.4, -0.2) is 13.0 Å². The number of methoxy groups -OCH3 is 1. The van der Waals surface area contributed by atoms with E-state index in [1.54, 1.807) is 19.2 Å². The molecule has 110 valence electrons. The summed E-state index contributed by atoms with van der Waals surface area (Å²) in [6.07, 6.45) is 0. The van der Waals surface area contributed by atoms with Crippen LogP contribution in [0.4, 0.5) is 11.4 Å². The van der Waals surface area contributed by atoms with Gasteiger partial charge in [-0.15, -0.1) is 0 Å². The zero-order valence-corrected chi connectivity index (χ0v) is 13.5. The van der Waals surface area contributed by atoms with E-state index in [1.165, 1.54) is 0 Å².